The fourth-order valence-electron chi connectivity index (χ4n) is 1.73. The number of phenols is 1. The van der Waals surface area contributed by atoms with Gasteiger partial charge >= 0.3 is 0 Å². The van der Waals surface area contributed by atoms with E-state index in [4.69, 9.17) is 11.6 Å². The Labute approximate surface area is 120 Å². The monoisotopic (exact) mass is 296 g/mol. The summed E-state index contributed by atoms with van der Waals surface area (Å²) in [6.45, 7) is 3.81. The van der Waals surface area contributed by atoms with Crippen LogP contribution in [0.5, 0.6) is 5.75 Å². The Bertz CT molecular complexity index is 625. The second-order valence-electron chi connectivity index (χ2n) is 4.20. The first-order chi connectivity index (χ1) is 8.97. The van der Waals surface area contributed by atoms with Crippen molar-refractivity contribution in [1.82, 2.24) is 4.98 Å². The maximum atomic E-state index is 11.4. The number of carbonyl (C=O) groups is 1. The lowest BCUT2D eigenvalue weighted by Crippen LogP contribution is -2.02. The number of hydrogen-bond acceptors (Lipinski definition) is 5. The Hall–Kier alpha value is -1.59. The Balaban J connectivity index is 2.22. The summed E-state index contributed by atoms with van der Waals surface area (Å²) in [7, 11) is 0. The number of aromatic hydroxyl groups is 1. The highest BCUT2D eigenvalue weighted by Crippen LogP contribution is 2.30. The number of nitrogens with zero attached hydrogens (tertiary/aromatic N) is 1. The predicted octanol–water partition coefficient (Wildman–Crippen LogP) is 3.63. The van der Waals surface area contributed by atoms with E-state index in [9.17, 15) is 9.90 Å². The summed E-state index contributed by atoms with van der Waals surface area (Å²) in [5, 5.41) is 13.1. The second-order valence-corrected chi connectivity index (χ2v) is 5.90. The van der Waals surface area contributed by atoms with Gasteiger partial charge in [0.2, 0.25) is 0 Å². The molecule has 0 radical (unpaired) electrons. The van der Waals surface area contributed by atoms with Gasteiger partial charge in [-0.15, -0.1) is 11.3 Å². The summed E-state index contributed by atoms with van der Waals surface area (Å²) in [6, 6.07) is 3.47. The molecule has 0 bridgehead atoms. The average Bonchev–Trinajstić information content (AvgIpc) is 2.75. The smallest absolute Gasteiger partial charge is 0.183 e. The van der Waals surface area contributed by atoms with Gasteiger partial charge in [0, 0.05) is 11.1 Å². The summed E-state index contributed by atoms with van der Waals surface area (Å²) in [4.78, 5) is 16.3. The first-order valence-electron chi connectivity index (χ1n) is 5.66. The van der Waals surface area contributed by atoms with E-state index in [1.165, 1.54) is 18.3 Å². The van der Waals surface area contributed by atoms with E-state index < -0.39 is 0 Å². The molecule has 0 aliphatic rings. The number of nitrogens with one attached hydrogen (secondary N) is 1. The van der Waals surface area contributed by atoms with Gasteiger partial charge in [-0.25, -0.2) is 4.98 Å². The fourth-order valence-corrected chi connectivity index (χ4v) is 2.65. The Morgan fingerprint density at radius 1 is 1.53 bits per heavy atom. The Morgan fingerprint density at radius 2 is 2.26 bits per heavy atom. The third-order valence-corrected chi connectivity index (χ3v) is 3.73. The number of phenolic OH excluding ortho intramolecular Hbond substituents is 1. The molecule has 0 atom stereocenters. The van der Waals surface area contributed by atoms with Gasteiger partial charge < -0.3 is 10.4 Å². The molecule has 1 aromatic heterocycles. The highest BCUT2D eigenvalue weighted by Gasteiger charge is 2.12. The van der Waals surface area contributed by atoms with Crippen LogP contribution < -0.4 is 5.32 Å². The van der Waals surface area contributed by atoms with Crippen LogP contribution >= 0.6 is 22.9 Å². The van der Waals surface area contributed by atoms with Crippen LogP contribution in [0.2, 0.25) is 4.47 Å². The zero-order valence-electron chi connectivity index (χ0n) is 10.5. The standard InChI is InChI=1S/C13H13ClN2O2S/c1-7-3-10(8(2)17)12(18)11(4-7)15-5-9-6-16-13(14)19-9/h3-4,6,15,18H,5H2,1-2H3. The highest BCUT2D eigenvalue weighted by atomic mass is 35.5. The van der Waals surface area contributed by atoms with Crippen LogP contribution in [0.3, 0.4) is 0 Å². The van der Waals surface area contributed by atoms with Gasteiger partial charge in [-0.05, 0) is 31.5 Å². The normalized spacial score (nSPS) is 10.5. The van der Waals surface area contributed by atoms with Crippen LogP contribution in [-0.4, -0.2) is 15.9 Å². The van der Waals surface area contributed by atoms with E-state index in [1.54, 1.807) is 18.3 Å². The van der Waals surface area contributed by atoms with Crippen molar-refractivity contribution in [3.8, 4) is 5.75 Å². The maximum Gasteiger partial charge on any atom is 0.183 e. The SMILES string of the molecule is CC(=O)c1cc(C)cc(NCc2cnc(Cl)s2)c1O. The summed E-state index contributed by atoms with van der Waals surface area (Å²) in [6.07, 6.45) is 1.68. The number of benzene rings is 1. The molecular weight excluding hydrogens is 284 g/mol. The van der Waals surface area contributed by atoms with E-state index >= 15 is 0 Å². The van der Waals surface area contributed by atoms with Crippen molar-refractivity contribution in [1.29, 1.82) is 0 Å². The van der Waals surface area contributed by atoms with Crippen LogP contribution in [0.4, 0.5) is 5.69 Å². The minimum atomic E-state index is -0.162. The minimum absolute atomic E-state index is 0.0197. The number of thiazole rings is 1. The van der Waals surface area contributed by atoms with Gasteiger partial charge in [-0.3, -0.25) is 4.79 Å². The van der Waals surface area contributed by atoms with Gasteiger partial charge in [0.05, 0.1) is 17.8 Å². The van der Waals surface area contributed by atoms with E-state index in [0.717, 1.165) is 10.4 Å². The first-order valence-corrected chi connectivity index (χ1v) is 6.85. The Kier molecular flexibility index (Phi) is 4.07. The quantitative estimate of drug-likeness (QED) is 0.668. The van der Waals surface area contributed by atoms with E-state index in [1.807, 2.05) is 6.92 Å². The van der Waals surface area contributed by atoms with Gasteiger partial charge in [0.15, 0.2) is 10.3 Å². The molecule has 2 rings (SSSR count). The van der Waals surface area contributed by atoms with Crippen molar-refractivity contribution in [2.45, 2.75) is 20.4 Å². The second kappa shape index (κ2) is 5.59. The number of halogens is 1. The van der Waals surface area contributed by atoms with Crippen molar-refractivity contribution < 1.29 is 9.90 Å². The van der Waals surface area contributed by atoms with E-state index in [0.29, 0.717) is 22.3 Å². The summed E-state index contributed by atoms with van der Waals surface area (Å²) in [5.41, 5.74) is 1.77. The molecule has 0 amide bonds. The average molecular weight is 297 g/mol. The van der Waals surface area contributed by atoms with Crippen LogP contribution in [0, 0.1) is 6.92 Å². The van der Waals surface area contributed by atoms with E-state index in [-0.39, 0.29) is 11.5 Å². The molecule has 0 aliphatic heterocycles. The molecule has 100 valence electrons. The number of ketones is 1. The molecule has 0 saturated carbocycles. The molecule has 1 heterocycles. The zero-order valence-corrected chi connectivity index (χ0v) is 12.1. The molecule has 6 heteroatoms. The topological polar surface area (TPSA) is 62.2 Å². The van der Waals surface area contributed by atoms with Gasteiger partial charge in [-0.1, -0.05) is 11.6 Å². The number of Topliss-reactive ketones (excluding diaryl/α,β-unsaturated/α-hetero) is 1. The molecule has 0 fully saturated rings. The van der Waals surface area contributed by atoms with Crippen LogP contribution in [0.25, 0.3) is 0 Å². The number of hydrogen-bond donors (Lipinski definition) is 2. The third-order valence-electron chi connectivity index (χ3n) is 2.61. The van der Waals surface area contributed by atoms with Crippen molar-refractivity contribution in [2.75, 3.05) is 5.32 Å². The molecule has 2 N–H and O–H groups in total. The lowest BCUT2D eigenvalue weighted by Gasteiger charge is -2.11. The summed E-state index contributed by atoms with van der Waals surface area (Å²) in [5.74, 6) is -0.182. The minimum Gasteiger partial charge on any atom is -0.505 e. The highest BCUT2D eigenvalue weighted by molar-refractivity contribution is 7.15. The fraction of sp³-hybridized carbons (Fsp3) is 0.231. The van der Waals surface area contributed by atoms with Crippen LogP contribution in [-0.2, 0) is 6.54 Å². The van der Waals surface area contributed by atoms with Gasteiger partial charge in [-0.2, -0.15) is 0 Å². The number of carbonyl (C=O) groups excluding carboxylic acids is 1. The molecule has 0 saturated heterocycles. The molecule has 4 nitrogen and oxygen atoms in total. The first kappa shape index (κ1) is 13.8. The maximum absolute atomic E-state index is 11.4. The number of aryl methyl sites for hydroxylation is 1. The number of anilines is 1. The molecule has 0 unspecified atom stereocenters. The van der Waals surface area contributed by atoms with Crippen LogP contribution in [0.1, 0.15) is 27.7 Å². The van der Waals surface area contributed by atoms with Gasteiger partial charge in [0.1, 0.15) is 5.75 Å². The Morgan fingerprint density at radius 3 is 2.84 bits per heavy atom. The lowest BCUT2D eigenvalue weighted by molar-refractivity contribution is 0.101. The van der Waals surface area contributed by atoms with Crippen molar-refractivity contribution >= 4 is 34.4 Å². The van der Waals surface area contributed by atoms with E-state index in [2.05, 4.69) is 10.3 Å². The third kappa shape index (κ3) is 3.24. The molecular formula is C13H13ClN2O2S. The van der Waals surface area contributed by atoms with Gasteiger partial charge in [0.25, 0.3) is 0 Å². The molecule has 1 aromatic carbocycles. The molecule has 19 heavy (non-hydrogen) atoms. The number of rotatable bonds is 4. The molecule has 0 spiro atoms. The number of aromatic nitrogens is 1. The van der Waals surface area contributed by atoms with Crippen LogP contribution in [0.15, 0.2) is 18.3 Å². The molecule has 2 aromatic rings. The van der Waals surface area contributed by atoms with Crippen molar-refractivity contribution in [3.05, 3.63) is 38.8 Å². The largest absolute Gasteiger partial charge is 0.505 e. The summed E-state index contributed by atoms with van der Waals surface area (Å²) >= 11 is 7.12. The summed E-state index contributed by atoms with van der Waals surface area (Å²) < 4.78 is 0.481. The predicted molar refractivity (Wildman–Crippen MR) is 77.3 cm³/mol. The van der Waals surface area contributed by atoms with Crippen molar-refractivity contribution in [3.63, 3.8) is 0 Å². The lowest BCUT2D eigenvalue weighted by atomic mass is 10.1. The molecule has 0 aliphatic carbocycles. The zero-order chi connectivity index (χ0) is 14.0. The van der Waals surface area contributed by atoms with Crippen molar-refractivity contribution in [2.24, 2.45) is 0 Å².